The van der Waals surface area contributed by atoms with E-state index in [9.17, 15) is 12.6 Å². The number of rotatable bonds is 5. The summed E-state index contributed by atoms with van der Waals surface area (Å²) in [5, 5.41) is 0. The number of hydrogen-bond donors (Lipinski definition) is 0. The van der Waals surface area contributed by atoms with Crippen molar-refractivity contribution in [1.82, 2.24) is 4.48 Å². The summed E-state index contributed by atoms with van der Waals surface area (Å²) in [6.45, 7) is 6.42. The van der Waals surface area contributed by atoms with E-state index in [1.54, 1.807) is 76.2 Å². The molecule has 0 fully saturated rings. The summed E-state index contributed by atoms with van der Waals surface area (Å²) in [6.07, 6.45) is 1.72. The van der Waals surface area contributed by atoms with E-state index in [0.717, 1.165) is 31.4 Å². The Labute approximate surface area is 251 Å². The molecule has 0 bridgehead atoms. The molecule has 42 heavy (non-hydrogen) atoms. The molecule has 1 atom stereocenters. The first-order chi connectivity index (χ1) is 19.7. The van der Waals surface area contributed by atoms with Crippen LogP contribution in [0.3, 0.4) is 0 Å². The molecule has 5 nitrogen and oxygen atoms in total. The maximum Gasteiger partial charge on any atom is 0.737 e. The van der Waals surface area contributed by atoms with Gasteiger partial charge in [-0.15, -0.1) is 11.3 Å². The second kappa shape index (κ2) is 9.82. The van der Waals surface area contributed by atoms with E-state index >= 15 is 8.63 Å². The average Bonchev–Trinajstić information content (AvgIpc) is 3.59. The molecule has 0 radical (unpaired) electrons. The van der Waals surface area contributed by atoms with E-state index < -0.39 is 27.6 Å². The van der Waals surface area contributed by atoms with Crippen LogP contribution in [0.4, 0.5) is 8.63 Å². The van der Waals surface area contributed by atoms with Gasteiger partial charge in [-0.2, -0.15) is 0 Å². The number of benzene rings is 2. The van der Waals surface area contributed by atoms with Crippen LogP contribution < -0.4 is 0 Å². The number of sulfone groups is 1. The fourth-order valence-electron chi connectivity index (χ4n) is 5.95. The smallest absolute Gasteiger partial charge is 0.393 e. The first-order valence-electron chi connectivity index (χ1n) is 13.4. The highest BCUT2D eigenvalue weighted by molar-refractivity contribution is 7.94. The van der Waals surface area contributed by atoms with Crippen LogP contribution in [0, 0.1) is 27.7 Å². The summed E-state index contributed by atoms with van der Waals surface area (Å²) in [4.78, 5) is 0.614. The predicted molar refractivity (Wildman–Crippen MR) is 165 cm³/mol. The minimum absolute atomic E-state index is 0.00659. The first kappa shape index (κ1) is 28.7. The Bertz CT molecular complexity index is 2030. The van der Waals surface area contributed by atoms with Crippen molar-refractivity contribution in [3.05, 3.63) is 112 Å². The molecule has 2 aromatic heterocycles. The molecule has 4 aromatic rings. The normalized spacial score (nSPS) is 16.9. The van der Waals surface area contributed by atoms with Crippen molar-refractivity contribution in [2.75, 3.05) is 0 Å². The fraction of sp³-hybridized carbons (Fsp3) is 0.194. The molecule has 2 aliphatic rings. The van der Waals surface area contributed by atoms with Gasteiger partial charge in [-0.3, -0.25) is 0 Å². The molecule has 2 aromatic carbocycles. The number of nitrogens with zero attached hydrogens (tertiary/aromatic N) is 2. The number of fused-ring (bicyclic) bond motifs is 2. The summed E-state index contributed by atoms with van der Waals surface area (Å²) in [7, 11) is -5.78. The summed E-state index contributed by atoms with van der Waals surface area (Å²) in [6, 6.07) is 17.0. The lowest BCUT2D eigenvalue weighted by Gasteiger charge is -2.34. The van der Waals surface area contributed by atoms with Crippen LogP contribution in [-0.2, 0) is 20.6 Å². The zero-order valence-corrected chi connectivity index (χ0v) is 26.5. The summed E-state index contributed by atoms with van der Waals surface area (Å²) >= 11 is 0.931. The lowest BCUT2D eigenvalue weighted by molar-refractivity contribution is -0.363. The average molecular weight is 623 g/mol. The number of aromatic nitrogens is 1. The number of allylic oxidation sites excluding steroid dienone is 2. The van der Waals surface area contributed by atoms with Crippen LogP contribution >= 0.6 is 11.3 Å². The van der Waals surface area contributed by atoms with Gasteiger partial charge in [-0.1, -0.05) is 35.4 Å². The molecule has 0 spiro atoms. The minimum atomic E-state index is -4.22. The van der Waals surface area contributed by atoms with Crippen LogP contribution in [0.1, 0.15) is 47.5 Å². The predicted octanol–water partition coefficient (Wildman–Crippen LogP) is 7.21. The molecule has 0 aliphatic carbocycles. The van der Waals surface area contributed by atoms with Crippen molar-refractivity contribution in [1.29, 1.82) is 0 Å². The topological polar surface area (TPSA) is 59.1 Å². The van der Waals surface area contributed by atoms with Gasteiger partial charge in [0.05, 0.1) is 21.3 Å². The standard InChI is InChI=1S/C31H29BF2N2O3S3/c1-18-7-11-24(12-8-18)41(37)31-26(17-27(40-31)42(38,39)25-13-9-19(2)10-14-25)28-29-20(3)15-22(5)35(29)32(33,34)36-23(6)16-21(4)30(28)36/h7-17H,1-6H3/t41-/m1/s1. The second-order valence-electron chi connectivity index (χ2n) is 11.0. The number of halogens is 2. The van der Waals surface area contributed by atoms with Gasteiger partial charge in [-0.05, 0) is 82.3 Å². The molecule has 0 saturated heterocycles. The van der Waals surface area contributed by atoms with Crippen LogP contribution in [0.2, 0.25) is 0 Å². The Morgan fingerprint density at radius 3 is 2.10 bits per heavy atom. The zero-order valence-electron chi connectivity index (χ0n) is 24.0. The molecular formula is C31H29BF2N2O3S3. The van der Waals surface area contributed by atoms with Crippen LogP contribution in [-0.4, -0.2) is 34.3 Å². The van der Waals surface area contributed by atoms with Crippen LogP contribution in [0.5, 0.6) is 0 Å². The van der Waals surface area contributed by atoms with Crippen LogP contribution in [0.25, 0.3) is 5.57 Å². The third kappa shape index (κ3) is 4.24. The quantitative estimate of drug-likeness (QED) is 0.221. The Kier molecular flexibility index (Phi) is 6.71. The lowest BCUT2D eigenvalue weighted by atomic mass is 9.84. The number of hydrogen-bond acceptors (Lipinski definition) is 4. The van der Waals surface area contributed by atoms with Gasteiger partial charge < -0.3 is 17.6 Å². The third-order valence-corrected chi connectivity index (χ3v) is 13.0. The molecule has 2 aliphatic heterocycles. The Morgan fingerprint density at radius 2 is 1.48 bits per heavy atom. The van der Waals surface area contributed by atoms with Crippen molar-refractivity contribution < 1.29 is 25.7 Å². The highest BCUT2D eigenvalue weighted by atomic mass is 32.2. The maximum absolute atomic E-state index is 16.3. The molecule has 0 amide bonds. The van der Waals surface area contributed by atoms with Gasteiger partial charge in [0.1, 0.15) is 14.1 Å². The van der Waals surface area contributed by atoms with Crippen molar-refractivity contribution in [2.24, 2.45) is 0 Å². The Morgan fingerprint density at radius 1 is 0.881 bits per heavy atom. The van der Waals surface area contributed by atoms with Crippen molar-refractivity contribution in [3.63, 3.8) is 0 Å². The van der Waals surface area contributed by atoms with E-state index in [0.29, 0.717) is 54.2 Å². The van der Waals surface area contributed by atoms with Crippen molar-refractivity contribution in [3.8, 4) is 0 Å². The van der Waals surface area contributed by atoms with Gasteiger partial charge in [0, 0.05) is 34.7 Å². The third-order valence-electron chi connectivity index (χ3n) is 7.88. The fourth-order valence-corrected chi connectivity index (χ4v) is 10.5. The molecule has 6 rings (SSSR count). The number of aryl methyl sites for hydroxylation is 4. The van der Waals surface area contributed by atoms with Gasteiger partial charge in [0.2, 0.25) is 9.84 Å². The summed E-state index contributed by atoms with van der Waals surface area (Å²) in [5.74, 6) is 0. The molecule has 0 saturated carbocycles. The van der Waals surface area contributed by atoms with Gasteiger partial charge in [0.25, 0.3) is 0 Å². The molecule has 216 valence electrons. The zero-order chi connectivity index (χ0) is 30.3. The molecule has 11 heteroatoms. The molecule has 4 heterocycles. The monoisotopic (exact) mass is 622 g/mol. The van der Waals surface area contributed by atoms with Crippen molar-refractivity contribution >= 4 is 50.2 Å². The molecule has 0 N–H and O–H groups in total. The largest absolute Gasteiger partial charge is 0.737 e. The van der Waals surface area contributed by atoms with Gasteiger partial charge in [-0.25, -0.2) is 12.6 Å². The minimum Gasteiger partial charge on any atom is -0.393 e. The van der Waals surface area contributed by atoms with Crippen LogP contribution in [0.15, 0.2) is 96.2 Å². The van der Waals surface area contributed by atoms with E-state index in [-0.39, 0.29) is 9.10 Å². The molecule has 0 unspecified atom stereocenters. The van der Waals surface area contributed by atoms with E-state index in [4.69, 9.17) is 0 Å². The highest BCUT2D eigenvalue weighted by Gasteiger charge is 2.55. The van der Waals surface area contributed by atoms with Gasteiger partial charge >= 0.3 is 6.97 Å². The Balaban J connectivity index is 1.70. The molecular weight excluding hydrogens is 593 g/mol. The summed E-state index contributed by atoms with van der Waals surface area (Å²) in [5.41, 5.74) is 5.41. The lowest BCUT2D eigenvalue weighted by Crippen LogP contribution is -2.51. The second-order valence-corrected chi connectivity index (χ2v) is 15.9. The van der Waals surface area contributed by atoms with E-state index in [1.165, 1.54) is 6.07 Å². The summed E-state index contributed by atoms with van der Waals surface area (Å²) < 4.78 is 77.0. The first-order valence-corrected chi connectivity index (χ1v) is 16.9. The number of thiophene rings is 1. The van der Waals surface area contributed by atoms with E-state index in [1.807, 2.05) is 26.0 Å². The highest BCUT2D eigenvalue weighted by Crippen LogP contribution is 2.48. The van der Waals surface area contributed by atoms with Gasteiger partial charge in [0.15, 0.2) is 5.70 Å². The SMILES string of the molecule is CC1=CC(C)=[N+]2C1=C(c1cc(S(=O)(=O)c3ccc(C)cc3)sc1[S@](=O)c1ccc(C)cc1)c1c(C)cc(C)n1[B-]2(F)F. The Hall–Kier alpha value is -3.41. The van der Waals surface area contributed by atoms with E-state index in [2.05, 4.69) is 0 Å². The van der Waals surface area contributed by atoms with Crippen molar-refractivity contribution in [2.45, 2.75) is 59.8 Å². The maximum atomic E-state index is 16.3.